The van der Waals surface area contributed by atoms with Gasteiger partial charge in [0.05, 0.1) is 0 Å². The largest absolute Gasteiger partial charge is 0.326 e. The van der Waals surface area contributed by atoms with E-state index in [2.05, 4.69) is 33.0 Å². The first-order valence-corrected chi connectivity index (χ1v) is 6.84. The van der Waals surface area contributed by atoms with Crippen LogP contribution in [0.5, 0.6) is 0 Å². The summed E-state index contributed by atoms with van der Waals surface area (Å²) in [5.74, 6) is 0. The molecule has 0 bridgehead atoms. The summed E-state index contributed by atoms with van der Waals surface area (Å²) in [6.07, 6.45) is 1.81. The van der Waals surface area contributed by atoms with E-state index in [0.29, 0.717) is 6.54 Å². The first kappa shape index (κ1) is 11.1. The molecule has 0 saturated heterocycles. The van der Waals surface area contributed by atoms with Gasteiger partial charge >= 0.3 is 0 Å². The molecule has 1 heterocycles. The highest BCUT2D eigenvalue weighted by Crippen LogP contribution is 2.32. The molecule has 78 valence electrons. The maximum Gasteiger partial charge on any atom is 0.154 e. The van der Waals surface area contributed by atoms with Gasteiger partial charge in [0.15, 0.2) is 4.34 Å². The molecule has 0 spiro atoms. The average molecular weight is 301 g/mol. The molecule has 0 fully saturated rings. The summed E-state index contributed by atoms with van der Waals surface area (Å²) in [7, 11) is 0. The van der Waals surface area contributed by atoms with Gasteiger partial charge in [-0.3, -0.25) is 0 Å². The number of rotatable bonds is 3. The van der Waals surface area contributed by atoms with Gasteiger partial charge in [-0.15, -0.1) is 11.3 Å². The Labute approximate surface area is 105 Å². The molecule has 0 aliphatic heterocycles. The number of thiazole rings is 1. The molecule has 0 unspecified atom stereocenters. The molecule has 0 atom stereocenters. The SMILES string of the molecule is NCc1cc(Br)ccc1Sc1nccs1. The smallest absolute Gasteiger partial charge is 0.154 e. The minimum absolute atomic E-state index is 0.549. The van der Waals surface area contributed by atoms with Crippen LogP contribution < -0.4 is 5.73 Å². The number of halogens is 1. The van der Waals surface area contributed by atoms with E-state index in [-0.39, 0.29) is 0 Å². The van der Waals surface area contributed by atoms with Gasteiger partial charge in [-0.05, 0) is 23.8 Å². The van der Waals surface area contributed by atoms with Gasteiger partial charge in [-0.2, -0.15) is 0 Å². The molecule has 2 N–H and O–H groups in total. The van der Waals surface area contributed by atoms with Crippen molar-refractivity contribution in [2.24, 2.45) is 5.73 Å². The van der Waals surface area contributed by atoms with Gasteiger partial charge in [0.25, 0.3) is 0 Å². The second-order valence-corrected chi connectivity index (χ2v) is 5.96. The van der Waals surface area contributed by atoms with Crippen LogP contribution in [-0.2, 0) is 6.54 Å². The summed E-state index contributed by atoms with van der Waals surface area (Å²) in [4.78, 5) is 5.41. The Morgan fingerprint density at radius 3 is 3.00 bits per heavy atom. The molecule has 0 amide bonds. The lowest BCUT2D eigenvalue weighted by molar-refractivity contribution is 1.02. The topological polar surface area (TPSA) is 38.9 Å². The Hall–Kier alpha value is -0.360. The molecule has 5 heteroatoms. The molecule has 2 nitrogen and oxygen atoms in total. The fraction of sp³-hybridized carbons (Fsp3) is 0.100. The minimum Gasteiger partial charge on any atom is -0.326 e. The second kappa shape index (κ2) is 5.12. The van der Waals surface area contributed by atoms with Crippen LogP contribution in [0.25, 0.3) is 0 Å². The Kier molecular flexibility index (Phi) is 3.80. The van der Waals surface area contributed by atoms with Crippen molar-refractivity contribution < 1.29 is 0 Å². The van der Waals surface area contributed by atoms with Crippen molar-refractivity contribution in [1.29, 1.82) is 0 Å². The van der Waals surface area contributed by atoms with Crippen molar-refractivity contribution >= 4 is 39.0 Å². The molecule has 2 rings (SSSR count). The molecule has 1 aromatic carbocycles. The number of aromatic nitrogens is 1. The molecular formula is C10H9BrN2S2. The third kappa shape index (κ3) is 2.81. The molecule has 0 radical (unpaired) electrons. The summed E-state index contributed by atoms with van der Waals surface area (Å²) < 4.78 is 2.11. The van der Waals surface area contributed by atoms with Crippen LogP contribution in [0.4, 0.5) is 0 Å². The van der Waals surface area contributed by atoms with Crippen molar-refractivity contribution in [3.05, 3.63) is 39.8 Å². The van der Waals surface area contributed by atoms with Crippen molar-refractivity contribution in [2.45, 2.75) is 15.8 Å². The van der Waals surface area contributed by atoms with Crippen LogP contribution in [0.15, 0.2) is 43.5 Å². The Morgan fingerprint density at radius 1 is 1.47 bits per heavy atom. The van der Waals surface area contributed by atoms with Gasteiger partial charge in [-0.1, -0.05) is 27.7 Å². The molecule has 0 saturated carbocycles. The van der Waals surface area contributed by atoms with E-state index in [4.69, 9.17) is 5.73 Å². The van der Waals surface area contributed by atoms with E-state index < -0.39 is 0 Å². The zero-order valence-corrected chi connectivity index (χ0v) is 11.0. The second-order valence-electron chi connectivity index (χ2n) is 2.86. The van der Waals surface area contributed by atoms with E-state index in [9.17, 15) is 0 Å². The molecular weight excluding hydrogens is 292 g/mol. The highest BCUT2D eigenvalue weighted by Gasteiger charge is 2.05. The van der Waals surface area contributed by atoms with Gasteiger partial charge < -0.3 is 5.73 Å². The lowest BCUT2D eigenvalue weighted by Crippen LogP contribution is -1.98. The third-order valence-corrected chi connectivity index (χ3v) is 4.34. The molecule has 0 aliphatic rings. The zero-order chi connectivity index (χ0) is 10.7. The quantitative estimate of drug-likeness (QED) is 0.943. The van der Waals surface area contributed by atoms with Gasteiger partial charge in [0.1, 0.15) is 0 Å². The van der Waals surface area contributed by atoms with Crippen LogP contribution in [0.1, 0.15) is 5.56 Å². The maximum absolute atomic E-state index is 5.70. The first-order valence-electron chi connectivity index (χ1n) is 4.35. The van der Waals surface area contributed by atoms with Crippen molar-refractivity contribution in [3.8, 4) is 0 Å². The molecule has 15 heavy (non-hydrogen) atoms. The van der Waals surface area contributed by atoms with Gasteiger partial charge in [0.2, 0.25) is 0 Å². The van der Waals surface area contributed by atoms with Crippen LogP contribution in [0.3, 0.4) is 0 Å². The Bertz CT molecular complexity index is 443. The third-order valence-electron chi connectivity index (χ3n) is 1.85. The van der Waals surface area contributed by atoms with Crippen LogP contribution in [0, 0.1) is 0 Å². The van der Waals surface area contributed by atoms with E-state index in [1.165, 1.54) is 4.90 Å². The standard InChI is InChI=1S/C10H9BrN2S2/c11-8-1-2-9(7(5-8)6-12)15-10-13-3-4-14-10/h1-5H,6,12H2. The van der Waals surface area contributed by atoms with E-state index in [0.717, 1.165) is 14.4 Å². The zero-order valence-electron chi connectivity index (χ0n) is 7.81. The summed E-state index contributed by atoms with van der Waals surface area (Å²) in [6.45, 7) is 0.549. The van der Waals surface area contributed by atoms with Crippen LogP contribution >= 0.6 is 39.0 Å². The monoisotopic (exact) mass is 300 g/mol. The number of nitrogens with two attached hydrogens (primary N) is 1. The summed E-state index contributed by atoms with van der Waals surface area (Å²) in [5.41, 5.74) is 6.84. The van der Waals surface area contributed by atoms with Crippen LogP contribution in [-0.4, -0.2) is 4.98 Å². The van der Waals surface area contributed by atoms with Gasteiger partial charge in [0, 0.05) is 27.5 Å². The Balaban J connectivity index is 2.28. The lowest BCUT2D eigenvalue weighted by Gasteiger charge is -2.05. The number of benzene rings is 1. The summed E-state index contributed by atoms with van der Waals surface area (Å²) >= 11 is 6.74. The fourth-order valence-corrected chi connectivity index (χ4v) is 3.27. The molecule has 2 aromatic rings. The lowest BCUT2D eigenvalue weighted by atomic mass is 10.2. The summed E-state index contributed by atoms with van der Waals surface area (Å²) in [5, 5.41) is 1.98. The van der Waals surface area contributed by atoms with E-state index >= 15 is 0 Å². The fourth-order valence-electron chi connectivity index (χ4n) is 1.16. The van der Waals surface area contributed by atoms with Crippen molar-refractivity contribution in [2.75, 3.05) is 0 Å². The number of hydrogen-bond donors (Lipinski definition) is 1. The number of nitrogens with zero attached hydrogens (tertiary/aromatic N) is 1. The predicted molar refractivity (Wildman–Crippen MR) is 68.3 cm³/mol. The first-order chi connectivity index (χ1) is 7.29. The van der Waals surface area contributed by atoms with E-state index in [1.54, 1.807) is 23.1 Å². The van der Waals surface area contributed by atoms with Crippen LogP contribution in [0.2, 0.25) is 0 Å². The summed E-state index contributed by atoms with van der Waals surface area (Å²) in [6, 6.07) is 6.14. The average Bonchev–Trinajstić information content (AvgIpc) is 2.73. The maximum atomic E-state index is 5.70. The highest BCUT2D eigenvalue weighted by atomic mass is 79.9. The number of hydrogen-bond acceptors (Lipinski definition) is 4. The van der Waals surface area contributed by atoms with Gasteiger partial charge in [-0.25, -0.2) is 4.98 Å². The Morgan fingerprint density at radius 2 is 2.33 bits per heavy atom. The predicted octanol–water partition coefficient (Wildman–Crippen LogP) is 3.52. The highest BCUT2D eigenvalue weighted by molar-refractivity contribution is 9.10. The molecule has 1 aromatic heterocycles. The minimum atomic E-state index is 0.549. The normalized spacial score (nSPS) is 10.5. The van der Waals surface area contributed by atoms with Crippen molar-refractivity contribution in [3.63, 3.8) is 0 Å². The van der Waals surface area contributed by atoms with E-state index in [1.807, 2.05) is 17.6 Å². The van der Waals surface area contributed by atoms with Crippen molar-refractivity contribution in [1.82, 2.24) is 4.98 Å². The molecule has 0 aliphatic carbocycles.